The molecule has 0 radical (unpaired) electrons. The van der Waals surface area contributed by atoms with Gasteiger partial charge in [-0.2, -0.15) is 8.75 Å². The topological polar surface area (TPSA) is 107 Å². The number of hydrogen-bond donors (Lipinski definition) is 4. The molecule has 5 heterocycles. The van der Waals surface area contributed by atoms with Gasteiger partial charge in [-0.25, -0.2) is 9.97 Å². The van der Waals surface area contributed by atoms with Crippen LogP contribution in [0.1, 0.15) is 49.4 Å². The predicted molar refractivity (Wildman–Crippen MR) is 143 cm³/mol. The summed E-state index contributed by atoms with van der Waals surface area (Å²) in [6.07, 6.45) is 8.92. The Balaban J connectivity index is 0.997. The van der Waals surface area contributed by atoms with Gasteiger partial charge in [-0.15, -0.1) is 0 Å². The van der Waals surface area contributed by atoms with Crippen LogP contribution in [0.2, 0.25) is 0 Å². The minimum atomic E-state index is 0.338. The number of nitrogens with one attached hydrogen (secondary N) is 4. The Morgan fingerprint density at radius 3 is 1.84 bits per heavy atom. The van der Waals surface area contributed by atoms with Crippen molar-refractivity contribution in [1.29, 1.82) is 0 Å². The smallest absolute Gasteiger partial charge is 0.123 e. The summed E-state index contributed by atoms with van der Waals surface area (Å²) in [4.78, 5) is 16.5. The normalized spacial score (nSPS) is 29.5. The highest BCUT2D eigenvalue weighted by Crippen LogP contribution is 2.46. The third-order valence-corrected chi connectivity index (χ3v) is 9.34. The lowest BCUT2D eigenvalue weighted by Crippen LogP contribution is -2.18. The number of aromatic nitrogens is 6. The highest BCUT2D eigenvalue weighted by molar-refractivity contribution is 7.00. The maximum absolute atomic E-state index is 4.70. The Bertz CT molecular complexity index is 1630. The summed E-state index contributed by atoms with van der Waals surface area (Å²) in [5.41, 5.74) is 8.32. The van der Waals surface area contributed by atoms with Crippen LogP contribution < -0.4 is 10.6 Å². The molecule has 5 aromatic rings. The molecule has 3 aromatic heterocycles. The SMILES string of the molecule is c1cc(-c2ccc(-c3cnc([C@@H]4C[C@H]5C[C@H]5N4)[nH]3)c3nsnc23)ccc1-c1cnc([C@@H]2C[C@H]3C[C@H]3N2)[nH]1. The molecule has 37 heavy (non-hydrogen) atoms. The number of hydrogen-bond acceptors (Lipinski definition) is 7. The van der Waals surface area contributed by atoms with Gasteiger partial charge in [0.1, 0.15) is 22.7 Å². The van der Waals surface area contributed by atoms with Gasteiger partial charge in [0.05, 0.1) is 47.6 Å². The van der Waals surface area contributed by atoms with E-state index in [1.54, 1.807) is 0 Å². The molecule has 4 fully saturated rings. The van der Waals surface area contributed by atoms with Crippen LogP contribution in [0.4, 0.5) is 0 Å². The second-order valence-corrected chi connectivity index (χ2v) is 11.7. The van der Waals surface area contributed by atoms with E-state index in [2.05, 4.69) is 70.7 Å². The Morgan fingerprint density at radius 2 is 1.19 bits per heavy atom. The van der Waals surface area contributed by atoms with Gasteiger partial charge in [0, 0.05) is 23.2 Å². The van der Waals surface area contributed by atoms with Crippen LogP contribution in [0.5, 0.6) is 0 Å². The van der Waals surface area contributed by atoms with Crippen molar-refractivity contribution >= 4 is 22.8 Å². The van der Waals surface area contributed by atoms with Crippen molar-refractivity contribution in [1.82, 2.24) is 39.3 Å². The van der Waals surface area contributed by atoms with Crippen molar-refractivity contribution in [2.45, 2.75) is 49.9 Å². The van der Waals surface area contributed by atoms with Crippen molar-refractivity contribution < 1.29 is 0 Å². The largest absolute Gasteiger partial charge is 0.341 e. The van der Waals surface area contributed by atoms with Crippen LogP contribution in [0.25, 0.3) is 44.7 Å². The van der Waals surface area contributed by atoms with E-state index in [-0.39, 0.29) is 0 Å². The van der Waals surface area contributed by atoms with E-state index in [1.807, 2.05) is 12.4 Å². The average Bonchev–Trinajstić information content (AvgIpc) is 3.48. The highest BCUT2D eigenvalue weighted by Gasteiger charge is 2.47. The number of fused-ring (bicyclic) bond motifs is 3. The first-order valence-corrected chi connectivity index (χ1v) is 14.0. The van der Waals surface area contributed by atoms with Gasteiger partial charge in [-0.1, -0.05) is 30.3 Å². The van der Waals surface area contributed by atoms with Crippen molar-refractivity contribution in [3.05, 3.63) is 60.4 Å². The fourth-order valence-corrected chi connectivity index (χ4v) is 7.09. The number of H-pyrrole nitrogens is 2. The minimum absolute atomic E-state index is 0.338. The van der Waals surface area contributed by atoms with Gasteiger partial charge in [0.2, 0.25) is 0 Å². The molecule has 0 amide bonds. The molecule has 184 valence electrons. The first-order valence-electron chi connectivity index (χ1n) is 13.3. The number of piperidine rings is 2. The summed E-state index contributed by atoms with van der Waals surface area (Å²) in [7, 11) is 0. The van der Waals surface area contributed by atoms with E-state index in [0.717, 1.165) is 68.2 Å². The first kappa shape index (κ1) is 20.6. The molecule has 2 aliphatic carbocycles. The lowest BCUT2D eigenvalue weighted by molar-refractivity contribution is 0.543. The van der Waals surface area contributed by atoms with Crippen molar-refractivity contribution in [2.75, 3.05) is 0 Å². The molecule has 4 aliphatic rings. The van der Waals surface area contributed by atoms with Crippen molar-refractivity contribution in [3.8, 4) is 33.6 Å². The van der Waals surface area contributed by atoms with E-state index < -0.39 is 0 Å². The molecule has 4 N–H and O–H groups in total. The van der Waals surface area contributed by atoms with Gasteiger partial charge < -0.3 is 20.6 Å². The molecular formula is C28H26N8S. The summed E-state index contributed by atoms with van der Waals surface area (Å²) in [5.74, 6) is 3.77. The van der Waals surface area contributed by atoms with E-state index in [9.17, 15) is 0 Å². The molecule has 0 spiro atoms. The lowest BCUT2D eigenvalue weighted by Gasteiger charge is -2.10. The maximum Gasteiger partial charge on any atom is 0.123 e. The molecule has 0 unspecified atom stereocenters. The number of imidazole rings is 2. The van der Waals surface area contributed by atoms with E-state index in [4.69, 9.17) is 4.98 Å². The molecule has 8 nitrogen and oxygen atoms in total. The number of nitrogens with zero attached hydrogens (tertiary/aromatic N) is 4. The second-order valence-electron chi connectivity index (χ2n) is 11.2. The van der Waals surface area contributed by atoms with E-state index in [1.165, 1.54) is 37.4 Å². The van der Waals surface area contributed by atoms with Crippen LogP contribution in [-0.4, -0.2) is 40.8 Å². The lowest BCUT2D eigenvalue weighted by atomic mass is 9.99. The Morgan fingerprint density at radius 1 is 0.622 bits per heavy atom. The minimum Gasteiger partial charge on any atom is -0.341 e. The molecule has 9 rings (SSSR count). The van der Waals surface area contributed by atoms with Gasteiger partial charge in [-0.3, -0.25) is 0 Å². The fraction of sp³-hybridized carbons (Fsp3) is 0.357. The van der Waals surface area contributed by atoms with Crippen molar-refractivity contribution in [2.24, 2.45) is 11.8 Å². The Kier molecular flexibility index (Phi) is 4.22. The maximum atomic E-state index is 4.70. The van der Waals surface area contributed by atoms with Gasteiger partial charge in [0.15, 0.2) is 0 Å². The molecule has 2 saturated heterocycles. The molecule has 2 saturated carbocycles. The third kappa shape index (κ3) is 3.34. The second kappa shape index (κ2) is 7.56. The molecular weight excluding hydrogens is 480 g/mol. The standard InChI is InChI=1S/C28H26N8S/c1-3-14(23-11-29-27(33-23)21-9-15-7-19(15)31-21)4-2-13(1)17-5-6-18(26-25(17)35-37-36-26)24-12-30-28(34-24)22-10-16-8-20(16)32-22/h1-6,11-12,15-16,19-22,31-32H,7-10H2,(H,29,33)(H,30,34)/t15-,16-,19-,20-,21+,22+/m1/s1. The monoisotopic (exact) mass is 506 g/mol. The van der Waals surface area contributed by atoms with E-state index >= 15 is 0 Å². The summed E-state index contributed by atoms with van der Waals surface area (Å²) < 4.78 is 9.35. The molecule has 6 atom stereocenters. The number of rotatable bonds is 5. The van der Waals surface area contributed by atoms with Crippen LogP contribution in [-0.2, 0) is 0 Å². The first-order chi connectivity index (χ1) is 18.3. The Labute approximate surface area is 217 Å². The average molecular weight is 507 g/mol. The van der Waals surface area contributed by atoms with Crippen LogP contribution >= 0.6 is 11.7 Å². The zero-order chi connectivity index (χ0) is 24.1. The molecule has 2 aliphatic heterocycles. The van der Waals surface area contributed by atoms with Crippen LogP contribution in [0.3, 0.4) is 0 Å². The molecule has 9 heteroatoms. The van der Waals surface area contributed by atoms with Crippen LogP contribution in [0.15, 0.2) is 48.8 Å². The van der Waals surface area contributed by atoms with Gasteiger partial charge in [0.25, 0.3) is 0 Å². The van der Waals surface area contributed by atoms with Crippen molar-refractivity contribution in [3.63, 3.8) is 0 Å². The third-order valence-electron chi connectivity index (χ3n) is 8.82. The number of aromatic amines is 2. The number of benzene rings is 2. The summed E-state index contributed by atoms with van der Waals surface area (Å²) in [6, 6.07) is 15.1. The highest BCUT2D eigenvalue weighted by atomic mass is 32.1. The predicted octanol–water partition coefficient (Wildman–Crippen LogP) is 4.98. The zero-order valence-electron chi connectivity index (χ0n) is 20.1. The quantitative estimate of drug-likeness (QED) is 0.268. The van der Waals surface area contributed by atoms with Crippen LogP contribution in [0, 0.1) is 11.8 Å². The molecule has 0 bridgehead atoms. The zero-order valence-corrected chi connectivity index (χ0v) is 20.9. The summed E-state index contributed by atoms with van der Waals surface area (Å²) in [6.45, 7) is 0. The van der Waals surface area contributed by atoms with Gasteiger partial charge >= 0.3 is 0 Å². The summed E-state index contributed by atoms with van der Waals surface area (Å²) >= 11 is 1.26. The van der Waals surface area contributed by atoms with E-state index in [0.29, 0.717) is 24.2 Å². The molecule has 2 aromatic carbocycles. The van der Waals surface area contributed by atoms with Gasteiger partial charge in [-0.05, 0) is 54.7 Å². The Hall–Kier alpha value is -3.40. The fourth-order valence-electron chi connectivity index (χ4n) is 6.52. The summed E-state index contributed by atoms with van der Waals surface area (Å²) in [5, 5.41) is 7.35.